The molecule has 4 saturated carbocycles. The molecular weight excluding hydrogens is 266 g/mol. The van der Waals surface area contributed by atoms with E-state index in [1.807, 2.05) is 0 Å². The molecule has 2 N–H and O–H groups in total. The van der Waals surface area contributed by atoms with Gasteiger partial charge in [0.15, 0.2) is 5.11 Å². The van der Waals surface area contributed by atoms with Crippen LogP contribution in [0.25, 0.3) is 0 Å². The highest BCUT2D eigenvalue weighted by Crippen LogP contribution is 2.52. The summed E-state index contributed by atoms with van der Waals surface area (Å²) in [4.78, 5) is 0. The molecule has 3 nitrogen and oxygen atoms in total. The Morgan fingerprint density at radius 2 is 1.75 bits per heavy atom. The number of nitrogens with zero attached hydrogens (tertiary/aromatic N) is 1. The van der Waals surface area contributed by atoms with Gasteiger partial charge in [0.05, 0.1) is 0 Å². The van der Waals surface area contributed by atoms with Gasteiger partial charge < -0.3 is 5.32 Å². The van der Waals surface area contributed by atoms with Crippen LogP contribution in [0.5, 0.6) is 0 Å². The lowest BCUT2D eigenvalue weighted by Gasteiger charge is -2.50. The molecule has 0 unspecified atom stereocenters. The quantitative estimate of drug-likeness (QED) is 0.463. The summed E-state index contributed by atoms with van der Waals surface area (Å²) < 4.78 is 0. The van der Waals surface area contributed by atoms with Gasteiger partial charge in [0, 0.05) is 12.3 Å². The first-order valence-electron chi connectivity index (χ1n) is 8.37. The smallest absolute Gasteiger partial charge is 0.186 e. The first kappa shape index (κ1) is 14.3. The van der Waals surface area contributed by atoms with Gasteiger partial charge in [-0.15, -0.1) is 0 Å². The summed E-state index contributed by atoms with van der Waals surface area (Å²) in [6.45, 7) is 3.18. The van der Waals surface area contributed by atoms with E-state index in [2.05, 4.69) is 22.8 Å². The summed E-state index contributed by atoms with van der Waals surface area (Å²) in [5, 5.41) is 8.63. The molecule has 4 heteroatoms. The highest BCUT2D eigenvalue weighted by Gasteiger charge is 2.46. The van der Waals surface area contributed by atoms with Crippen LogP contribution < -0.4 is 10.7 Å². The first-order chi connectivity index (χ1) is 9.76. The highest BCUT2D eigenvalue weighted by molar-refractivity contribution is 7.80. The predicted molar refractivity (Wildman–Crippen MR) is 87.7 cm³/mol. The number of hydrogen-bond acceptors (Lipinski definition) is 2. The van der Waals surface area contributed by atoms with Gasteiger partial charge in [0.2, 0.25) is 0 Å². The Morgan fingerprint density at radius 3 is 2.35 bits per heavy atom. The minimum Gasteiger partial charge on any atom is -0.361 e. The van der Waals surface area contributed by atoms with Crippen LogP contribution in [0.3, 0.4) is 0 Å². The molecule has 0 amide bonds. The molecule has 20 heavy (non-hydrogen) atoms. The van der Waals surface area contributed by atoms with Crippen LogP contribution in [0.4, 0.5) is 0 Å². The third-order valence-corrected chi connectivity index (χ3v) is 5.56. The minimum atomic E-state index is 0.697. The summed E-state index contributed by atoms with van der Waals surface area (Å²) in [6.07, 6.45) is 10.7. The Morgan fingerprint density at radius 1 is 1.10 bits per heavy atom. The molecule has 0 saturated heterocycles. The Bertz CT molecular complexity index is 361. The number of nitrogens with one attached hydrogen (secondary N) is 2. The first-order valence-corrected chi connectivity index (χ1v) is 8.78. The number of thiocarbonyl (C=S) groups is 1. The molecule has 0 aromatic carbocycles. The van der Waals surface area contributed by atoms with E-state index in [1.54, 1.807) is 0 Å². The van der Waals surface area contributed by atoms with Crippen molar-refractivity contribution in [1.82, 2.24) is 10.7 Å². The van der Waals surface area contributed by atoms with Gasteiger partial charge in [-0.1, -0.05) is 19.8 Å². The maximum absolute atomic E-state index is 5.31. The van der Waals surface area contributed by atoms with Crippen molar-refractivity contribution in [2.24, 2.45) is 28.8 Å². The number of rotatable bonds is 5. The van der Waals surface area contributed by atoms with E-state index in [0.29, 0.717) is 5.11 Å². The van der Waals surface area contributed by atoms with Crippen molar-refractivity contribution in [3.05, 3.63) is 0 Å². The van der Waals surface area contributed by atoms with Crippen molar-refractivity contribution in [3.8, 4) is 0 Å². The van der Waals surface area contributed by atoms with Gasteiger partial charge in [-0.2, -0.15) is 5.10 Å². The molecule has 4 rings (SSSR count). The zero-order valence-corrected chi connectivity index (χ0v) is 13.3. The fourth-order valence-electron chi connectivity index (χ4n) is 4.58. The van der Waals surface area contributed by atoms with E-state index in [4.69, 9.17) is 12.2 Å². The van der Waals surface area contributed by atoms with E-state index in [1.165, 1.54) is 57.1 Å². The number of hydrogen-bond donors (Lipinski definition) is 2. The zero-order valence-electron chi connectivity index (χ0n) is 12.5. The molecule has 0 aliphatic heterocycles. The average molecular weight is 293 g/mol. The lowest BCUT2D eigenvalue weighted by molar-refractivity contribution is 0.108. The summed E-state index contributed by atoms with van der Waals surface area (Å²) in [6, 6.07) is 0. The molecule has 0 spiro atoms. The maximum Gasteiger partial charge on any atom is 0.186 e. The molecule has 0 atom stereocenters. The van der Waals surface area contributed by atoms with Crippen LogP contribution >= 0.6 is 12.2 Å². The summed E-state index contributed by atoms with van der Waals surface area (Å²) in [5.41, 5.74) is 4.52. The van der Waals surface area contributed by atoms with Crippen molar-refractivity contribution in [3.63, 3.8) is 0 Å². The second kappa shape index (κ2) is 6.42. The van der Waals surface area contributed by atoms with E-state index in [9.17, 15) is 0 Å². The number of hydrazone groups is 1. The predicted octanol–water partition coefficient (Wildman–Crippen LogP) is 3.45. The topological polar surface area (TPSA) is 36.4 Å². The van der Waals surface area contributed by atoms with Gasteiger partial charge in [0.25, 0.3) is 0 Å². The second-order valence-electron chi connectivity index (χ2n) is 6.92. The van der Waals surface area contributed by atoms with Crippen LogP contribution in [0, 0.1) is 23.7 Å². The molecule has 4 bridgehead atoms. The SMILES string of the molecule is CCCCCNC(=S)NN=C1C2CC3CC(C2)CC1C3. The molecule has 4 fully saturated rings. The molecule has 112 valence electrons. The minimum absolute atomic E-state index is 0.697. The highest BCUT2D eigenvalue weighted by atomic mass is 32.1. The van der Waals surface area contributed by atoms with Crippen LogP contribution in [-0.2, 0) is 0 Å². The molecule has 0 aromatic rings. The Hall–Kier alpha value is -0.640. The third-order valence-electron chi connectivity index (χ3n) is 5.33. The van der Waals surface area contributed by atoms with E-state index < -0.39 is 0 Å². The van der Waals surface area contributed by atoms with Crippen molar-refractivity contribution in [1.29, 1.82) is 0 Å². The fourth-order valence-corrected chi connectivity index (χ4v) is 4.73. The third kappa shape index (κ3) is 3.16. The fraction of sp³-hybridized carbons (Fsp3) is 0.875. The van der Waals surface area contributed by atoms with Gasteiger partial charge >= 0.3 is 0 Å². The lowest BCUT2D eigenvalue weighted by atomic mass is 9.55. The van der Waals surface area contributed by atoms with Crippen LogP contribution in [0.2, 0.25) is 0 Å². The Labute approximate surface area is 128 Å². The van der Waals surface area contributed by atoms with Crippen molar-refractivity contribution < 1.29 is 0 Å². The van der Waals surface area contributed by atoms with Crippen LogP contribution in [-0.4, -0.2) is 17.4 Å². The summed E-state index contributed by atoms with van der Waals surface area (Å²) in [5.74, 6) is 3.49. The van der Waals surface area contributed by atoms with Crippen molar-refractivity contribution in [2.45, 2.75) is 58.3 Å². The maximum atomic E-state index is 5.31. The van der Waals surface area contributed by atoms with E-state index in [0.717, 1.165) is 30.2 Å². The monoisotopic (exact) mass is 293 g/mol. The molecule has 4 aliphatic carbocycles. The van der Waals surface area contributed by atoms with Crippen LogP contribution in [0.15, 0.2) is 5.10 Å². The lowest BCUT2D eigenvalue weighted by Crippen LogP contribution is -2.46. The normalized spacial score (nSPS) is 34.1. The Kier molecular flexibility index (Phi) is 4.59. The van der Waals surface area contributed by atoms with Gasteiger partial charge in [-0.25, -0.2) is 0 Å². The molecule has 0 aromatic heterocycles. The van der Waals surface area contributed by atoms with Gasteiger partial charge in [-0.3, -0.25) is 5.43 Å². The largest absolute Gasteiger partial charge is 0.361 e. The van der Waals surface area contributed by atoms with Crippen molar-refractivity contribution in [2.75, 3.05) is 6.54 Å². The number of unbranched alkanes of at least 4 members (excludes halogenated alkanes) is 2. The Balaban J connectivity index is 1.48. The molecule has 4 aliphatic rings. The molecule has 0 heterocycles. The zero-order chi connectivity index (χ0) is 13.9. The average Bonchev–Trinajstić information content (AvgIpc) is 2.42. The standard InChI is InChI=1S/C16H27N3S/c1-2-3-4-5-17-16(20)19-18-15-13-7-11-6-12(9-13)10-14(15)8-11/h11-14H,2-10H2,1H3,(H2,17,19,20). The van der Waals surface area contributed by atoms with Crippen molar-refractivity contribution >= 4 is 23.0 Å². The summed E-state index contributed by atoms with van der Waals surface area (Å²) in [7, 11) is 0. The van der Waals surface area contributed by atoms with E-state index >= 15 is 0 Å². The second-order valence-corrected chi connectivity index (χ2v) is 7.32. The molecular formula is C16H27N3S. The van der Waals surface area contributed by atoms with Crippen LogP contribution in [0.1, 0.15) is 58.3 Å². The molecule has 0 radical (unpaired) electrons. The van der Waals surface area contributed by atoms with E-state index in [-0.39, 0.29) is 0 Å². The van der Waals surface area contributed by atoms with Gasteiger partial charge in [-0.05, 0) is 74.4 Å². The van der Waals surface area contributed by atoms with Gasteiger partial charge in [0.1, 0.15) is 0 Å². The summed E-state index contributed by atoms with van der Waals surface area (Å²) >= 11 is 5.31.